The van der Waals surface area contributed by atoms with Crippen LogP contribution >= 0.6 is 11.6 Å². The van der Waals surface area contributed by atoms with Gasteiger partial charge in [0.15, 0.2) is 0 Å². The van der Waals surface area contributed by atoms with E-state index in [0.717, 1.165) is 11.3 Å². The molecule has 2 N–H and O–H groups in total. The Morgan fingerprint density at radius 1 is 1.08 bits per heavy atom. The standard InChI is InChI=1S/C20H15ClN4O/c21-19-7-2-1-5-15(19)12-24-20(26)16-9-18(13-23-11-16)25-17-6-3-4-14(8-17)10-22/h1-9,11,13,25H,12H2,(H,24,26). The Morgan fingerprint density at radius 3 is 2.73 bits per heavy atom. The summed E-state index contributed by atoms with van der Waals surface area (Å²) in [5.41, 5.74) is 3.23. The first-order chi connectivity index (χ1) is 12.7. The van der Waals surface area contributed by atoms with Crippen LogP contribution in [0, 0.1) is 11.3 Å². The summed E-state index contributed by atoms with van der Waals surface area (Å²) in [5.74, 6) is -0.244. The van der Waals surface area contributed by atoms with Crippen molar-refractivity contribution >= 4 is 28.9 Å². The molecule has 5 nitrogen and oxygen atoms in total. The monoisotopic (exact) mass is 362 g/mol. The molecule has 0 aliphatic carbocycles. The molecule has 6 heteroatoms. The molecule has 0 unspecified atom stereocenters. The fourth-order valence-electron chi connectivity index (χ4n) is 2.38. The van der Waals surface area contributed by atoms with Gasteiger partial charge in [-0.15, -0.1) is 0 Å². The highest BCUT2D eigenvalue weighted by molar-refractivity contribution is 6.31. The zero-order valence-corrected chi connectivity index (χ0v) is 14.5. The van der Waals surface area contributed by atoms with Crippen LogP contribution in [0.4, 0.5) is 11.4 Å². The average molecular weight is 363 g/mol. The van der Waals surface area contributed by atoms with Crippen molar-refractivity contribution in [2.75, 3.05) is 5.32 Å². The average Bonchev–Trinajstić information content (AvgIpc) is 2.67. The smallest absolute Gasteiger partial charge is 0.253 e. The maximum absolute atomic E-state index is 12.4. The fraction of sp³-hybridized carbons (Fsp3) is 0.0500. The number of carbonyl (C=O) groups excluding carboxylic acids is 1. The molecular formula is C20H15ClN4O. The SMILES string of the molecule is N#Cc1cccc(Nc2cncc(C(=O)NCc3ccccc3Cl)c2)c1. The minimum Gasteiger partial charge on any atom is -0.354 e. The molecule has 0 fully saturated rings. The van der Waals surface area contributed by atoms with Crippen molar-refractivity contribution in [1.82, 2.24) is 10.3 Å². The van der Waals surface area contributed by atoms with E-state index in [1.165, 1.54) is 6.20 Å². The highest BCUT2D eigenvalue weighted by atomic mass is 35.5. The van der Waals surface area contributed by atoms with E-state index in [2.05, 4.69) is 21.7 Å². The van der Waals surface area contributed by atoms with Crippen LogP contribution in [0.1, 0.15) is 21.5 Å². The van der Waals surface area contributed by atoms with Crippen molar-refractivity contribution in [3.8, 4) is 6.07 Å². The lowest BCUT2D eigenvalue weighted by molar-refractivity contribution is 0.0950. The Hall–Kier alpha value is -3.36. The van der Waals surface area contributed by atoms with E-state index >= 15 is 0 Å². The maximum Gasteiger partial charge on any atom is 0.253 e. The van der Waals surface area contributed by atoms with E-state index in [1.54, 1.807) is 36.5 Å². The number of rotatable bonds is 5. The van der Waals surface area contributed by atoms with E-state index < -0.39 is 0 Å². The van der Waals surface area contributed by atoms with Crippen LogP contribution < -0.4 is 10.6 Å². The van der Waals surface area contributed by atoms with Crippen LogP contribution in [0.5, 0.6) is 0 Å². The number of nitrogens with one attached hydrogen (secondary N) is 2. The summed E-state index contributed by atoms with van der Waals surface area (Å²) < 4.78 is 0. The number of benzene rings is 2. The van der Waals surface area contributed by atoms with Gasteiger partial charge in [0.05, 0.1) is 29.1 Å². The third kappa shape index (κ3) is 4.38. The van der Waals surface area contributed by atoms with Crippen molar-refractivity contribution in [2.45, 2.75) is 6.54 Å². The van der Waals surface area contributed by atoms with Gasteiger partial charge >= 0.3 is 0 Å². The van der Waals surface area contributed by atoms with Crippen LogP contribution in [-0.4, -0.2) is 10.9 Å². The van der Waals surface area contributed by atoms with Crippen molar-refractivity contribution in [3.05, 3.63) is 88.7 Å². The van der Waals surface area contributed by atoms with Gasteiger partial charge in [-0.05, 0) is 35.9 Å². The highest BCUT2D eigenvalue weighted by Crippen LogP contribution is 2.18. The number of hydrogen-bond donors (Lipinski definition) is 2. The maximum atomic E-state index is 12.4. The van der Waals surface area contributed by atoms with Gasteiger partial charge < -0.3 is 10.6 Å². The number of pyridine rings is 1. The largest absolute Gasteiger partial charge is 0.354 e. The van der Waals surface area contributed by atoms with Crippen molar-refractivity contribution < 1.29 is 4.79 Å². The van der Waals surface area contributed by atoms with Crippen molar-refractivity contribution in [1.29, 1.82) is 5.26 Å². The molecule has 0 radical (unpaired) electrons. The molecule has 26 heavy (non-hydrogen) atoms. The summed E-state index contributed by atoms with van der Waals surface area (Å²) in [4.78, 5) is 16.5. The second kappa shape index (κ2) is 8.15. The molecule has 0 spiro atoms. The van der Waals surface area contributed by atoms with Crippen LogP contribution in [0.25, 0.3) is 0 Å². The van der Waals surface area contributed by atoms with Gasteiger partial charge in [0, 0.05) is 23.5 Å². The van der Waals surface area contributed by atoms with Gasteiger partial charge in [0.1, 0.15) is 0 Å². The first-order valence-electron chi connectivity index (χ1n) is 7.89. The molecular weight excluding hydrogens is 348 g/mol. The zero-order valence-electron chi connectivity index (χ0n) is 13.7. The molecule has 0 saturated carbocycles. The van der Waals surface area contributed by atoms with Gasteiger partial charge in [0.2, 0.25) is 0 Å². The minimum atomic E-state index is -0.244. The zero-order chi connectivity index (χ0) is 18.4. The van der Waals surface area contributed by atoms with Crippen LogP contribution in [0.15, 0.2) is 67.0 Å². The number of anilines is 2. The number of aromatic nitrogens is 1. The molecule has 0 bridgehead atoms. The lowest BCUT2D eigenvalue weighted by Gasteiger charge is -2.09. The topological polar surface area (TPSA) is 77.8 Å². The van der Waals surface area contributed by atoms with Gasteiger partial charge in [0.25, 0.3) is 5.91 Å². The summed E-state index contributed by atoms with van der Waals surface area (Å²) in [6, 6.07) is 18.2. The van der Waals surface area contributed by atoms with Crippen molar-refractivity contribution in [3.63, 3.8) is 0 Å². The second-order valence-electron chi connectivity index (χ2n) is 5.55. The quantitative estimate of drug-likeness (QED) is 0.710. The molecule has 0 aliphatic heterocycles. The molecule has 1 heterocycles. The first kappa shape index (κ1) is 17.5. The summed E-state index contributed by atoms with van der Waals surface area (Å²) in [6.45, 7) is 0.334. The summed E-state index contributed by atoms with van der Waals surface area (Å²) in [5, 5.41) is 15.5. The number of hydrogen-bond acceptors (Lipinski definition) is 4. The Morgan fingerprint density at radius 2 is 1.92 bits per heavy atom. The van der Waals surface area contributed by atoms with E-state index in [0.29, 0.717) is 28.4 Å². The molecule has 3 rings (SSSR count). The Kier molecular flexibility index (Phi) is 5.47. The molecule has 1 amide bonds. The predicted molar refractivity (Wildman–Crippen MR) is 101 cm³/mol. The third-order valence-corrected chi connectivity index (χ3v) is 4.05. The van der Waals surface area contributed by atoms with Gasteiger partial charge in [-0.2, -0.15) is 5.26 Å². The number of nitrogens with zero attached hydrogens (tertiary/aromatic N) is 2. The van der Waals surface area contributed by atoms with Gasteiger partial charge in [-0.1, -0.05) is 35.9 Å². The summed E-state index contributed by atoms with van der Waals surface area (Å²) in [6.07, 6.45) is 3.11. The van der Waals surface area contributed by atoms with Gasteiger partial charge in [-0.25, -0.2) is 0 Å². The summed E-state index contributed by atoms with van der Waals surface area (Å²) >= 11 is 6.10. The molecule has 1 aromatic heterocycles. The molecule has 128 valence electrons. The molecule has 0 atom stereocenters. The van der Waals surface area contributed by atoms with E-state index in [9.17, 15) is 4.79 Å². The van der Waals surface area contributed by atoms with Crippen molar-refractivity contribution in [2.24, 2.45) is 0 Å². The molecule has 2 aromatic carbocycles. The molecule has 3 aromatic rings. The van der Waals surface area contributed by atoms with E-state index in [4.69, 9.17) is 16.9 Å². The van der Waals surface area contributed by atoms with E-state index in [-0.39, 0.29) is 5.91 Å². The fourth-order valence-corrected chi connectivity index (χ4v) is 2.59. The number of halogens is 1. The molecule has 0 aliphatic rings. The highest BCUT2D eigenvalue weighted by Gasteiger charge is 2.08. The number of nitriles is 1. The summed E-state index contributed by atoms with van der Waals surface area (Å²) in [7, 11) is 0. The second-order valence-corrected chi connectivity index (χ2v) is 5.96. The first-order valence-corrected chi connectivity index (χ1v) is 8.27. The Balaban J connectivity index is 1.69. The van der Waals surface area contributed by atoms with Crippen LogP contribution in [0.2, 0.25) is 5.02 Å². The Bertz CT molecular complexity index is 981. The molecule has 0 saturated heterocycles. The van der Waals surface area contributed by atoms with E-state index in [1.807, 2.05) is 24.3 Å². The minimum absolute atomic E-state index is 0.244. The normalized spacial score (nSPS) is 10.0. The third-order valence-electron chi connectivity index (χ3n) is 3.68. The van der Waals surface area contributed by atoms with Crippen LogP contribution in [0.3, 0.4) is 0 Å². The number of carbonyl (C=O) groups is 1. The van der Waals surface area contributed by atoms with Crippen LogP contribution in [-0.2, 0) is 6.54 Å². The predicted octanol–water partition coefficient (Wildman–Crippen LogP) is 4.28. The van der Waals surface area contributed by atoms with Gasteiger partial charge in [-0.3, -0.25) is 9.78 Å². The Labute approximate surface area is 156 Å². The number of amides is 1. The lowest BCUT2D eigenvalue weighted by Crippen LogP contribution is -2.23. The lowest BCUT2D eigenvalue weighted by atomic mass is 10.2.